The van der Waals surface area contributed by atoms with Gasteiger partial charge in [0.1, 0.15) is 5.82 Å². The third-order valence-corrected chi connectivity index (χ3v) is 8.10. The molecule has 1 heterocycles. The van der Waals surface area contributed by atoms with Crippen molar-refractivity contribution in [1.29, 1.82) is 0 Å². The predicted molar refractivity (Wildman–Crippen MR) is 149 cm³/mol. The summed E-state index contributed by atoms with van der Waals surface area (Å²) in [5, 5.41) is 16.9. The number of piperazine rings is 1. The van der Waals surface area contributed by atoms with Crippen molar-refractivity contribution in [2.75, 3.05) is 40.7 Å². The standard InChI is InChI=1S/C26H28FN3O4S.C2HF3O2/c1-17-14-18(2)25(19(3)15-17)35(33,34)28-23-9-8-20(16-21(23)26(31)32)29-10-12-30(13-11-29)24-7-5-4-6-22(24)27;3-2(4,5)1(6)7/h4-9,14-16,28H,10-13H2,1-3H3,(H,31,32);(H,6,7). The number of nitrogens with one attached hydrogen (secondary N) is 1. The van der Waals surface area contributed by atoms with Gasteiger partial charge in [-0.25, -0.2) is 22.4 Å². The zero-order valence-corrected chi connectivity index (χ0v) is 23.7. The first-order valence-electron chi connectivity index (χ1n) is 12.5. The summed E-state index contributed by atoms with van der Waals surface area (Å²) in [6.45, 7) is 7.61. The number of hydrogen-bond donors (Lipinski definition) is 3. The van der Waals surface area contributed by atoms with E-state index in [1.54, 1.807) is 50.2 Å². The van der Waals surface area contributed by atoms with E-state index in [2.05, 4.69) is 4.72 Å². The van der Waals surface area contributed by atoms with E-state index in [0.29, 0.717) is 48.7 Å². The van der Waals surface area contributed by atoms with Crippen LogP contribution in [0.15, 0.2) is 59.5 Å². The van der Waals surface area contributed by atoms with Crippen LogP contribution in [0.1, 0.15) is 27.0 Å². The fourth-order valence-electron chi connectivity index (χ4n) is 4.70. The molecule has 3 aromatic carbocycles. The van der Waals surface area contributed by atoms with Gasteiger partial charge in [0.15, 0.2) is 0 Å². The number of para-hydroxylation sites is 1. The molecule has 3 N–H and O–H groups in total. The van der Waals surface area contributed by atoms with Gasteiger partial charge in [-0.15, -0.1) is 0 Å². The van der Waals surface area contributed by atoms with E-state index >= 15 is 0 Å². The maximum absolute atomic E-state index is 14.1. The number of aromatic carboxylic acids is 1. The highest BCUT2D eigenvalue weighted by Gasteiger charge is 2.38. The lowest BCUT2D eigenvalue weighted by Gasteiger charge is -2.37. The lowest BCUT2D eigenvalue weighted by Crippen LogP contribution is -2.46. The fraction of sp³-hybridized carbons (Fsp3) is 0.286. The van der Waals surface area contributed by atoms with Gasteiger partial charge in [-0.3, -0.25) is 4.72 Å². The molecule has 0 aromatic heterocycles. The number of carbonyl (C=O) groups is 2. The summed E-state index contributed by atoms with van der Waals surface area (Å²) < 4.78 is 74.7. The molecule has 14 heteroatoms. The number of halogens is 4. The second kappa shape index (κ2) is 12.7. The van der Waals surface area contributed by atoms with Crippen molar-refractivity contribution >= 4 is 39.0 Å². The number of carboxylic acid groups (broad SMARTS) is 2. The Hall–Kier alpha value is -4.33. The number of carboxylic acids is 2. The third kappa shape index (κ3) is 7.69. The molecule has 42 heavy (non-hydrogen) atoms. The smallest absolute Gasteiger partial charge is 0.478 e. The van der Waals surface area contributed by atoms with Gasteiger partial charge < -0.3 is 20.0 Å². The molecule has 226 valence electrons. The number of hydrogen-bond acceptors (Lipinski definition) is 6. The summed E-state index contributed by atoms with van der Waals surface area (Å²) >= 11 is 0. The quantitative estimate of drug-likeness (QED) is 0.325. The lowest BCUT2D eigenvalue weighted by molar-refractivity contribution is -0.192. The summed E-state index contributed by atoms with van der Waals surface area (Å²) in [7, 11) is -4.00. The molecule has 1 saturated heterocycles. The van der Waals surface area contributed by atoms with E-state index < -0.39 is 28.1 Å². The van der Waals surface area contributed by atoms with Crippen molar-refractivity contribution in [3.63, 3.8) is 0 Å². The maximum Gasteiger partial charge on any atom is 0.490 e. The summed E-state index contributed by atoms with van der Waals surface area (Å²) in [4.78, 5) is 25.0. The van der Waals surface area contributed by atoms with Crippen molar-refractivity contribution in [2.45, 2.75) is 31.8 Å². The van der Waals surface area contributed by atoms with E-state index in [0.717, 1.165) is 5.56 Å². The van der Waals surface area contributed by atoms with Crippen LogP contribution >= 0.6 is 0 Å². The number of rotatable bonds is 6. The Bertz CT molecular complexity index is 1560. The van der Waals surface area contributed by atoms with Crippen LogP contribution in [-0.4, -0.2) is 62.9 Å². The molecule has 1 fully saturated rings. The first kappa shape index (κ1) is 32.2. The van der Waals surface area contributed by atoms with Crippen molar-refractivity contribution in [1.82, 2.24) is 0 Å². The molecule has 0 spiro atoms. The van der Waals surface area contributed by atoms with Crippen molar-refractivity contribution < 1.29 is 45.8 Å². The second-order valence-corrected chi connectivity index (χ2v) is 11.2. The highest BCUT2D eigenvalue weighted by molar-refractivity contribution is 7.92. The zero-order chi connectivity index (χ0) is 31.4. The van der Waals surface area contributed by atoms with E-state index in [-0.39, 0.29) is 22.0 Å². The van der Waals surface area contributed by atoms with Gasteiger partial charge in [0.2, 0.25) is 0 Å². The number of nitrogens with zero attached hydrogens (tertiary/aromatic N) is 2. The molecule has 4 rings (SSSR count). The highest BCUT2D eigenvalue weighted by atomic mass is 32.2. The van der Waals surface area contributed by atoms with Crippen LogP contribution in [0, 0.1) is 26.6 Å². The molecule has 1 aliphatic rings. The molecule has 0 aliphatic carbocycles. The predicted octanol–water partition coefficient (Wildman–Crippen LogP) is 5.21. The topological polar surface area (TPSA) is 127 Å². The van der Waals surface area contributed by atoms with Gasteiger partial charge in [-0.05, 0) is 62.2 Å². The first-order valence-corrected chi connectivity index (χ1v) is 14.0. The average molecular weight is 612 g/mol. The summed E-state index contributed by atoms with van der Waals surface area (Å²) in [5.41, 5.74) is 3.22. The molecule has 0 unspecified atom stereocenters. The van der Waals surface area contributed by atoms with E-state index in [4.69, 9.17) is 9.90 Å². The van der Waals surface area contributed by atoms with Crippen LogP contribution < -0.4 is 14.5 Å². The van der Waals surface area contributed by atoms with Crippen LogP contribution in [0.5, 0.6) is 0 Å². The summed E-state index contributed by atoms with van der Waals surface area (Å²) in [5.74, 6) is -4.26. The Morgan fingerprint density at radius 3 is 1.88 bits per heavy atom. The first-order chi connectivity index (χ1) is 19.5. The van der Waals surface area contributed by atoms with Gasteiger partial charge in [-0.1, -0.05) is 29.8 Å². The zero-order valence-electron chi connectivity index (χ0n) is 22.9. The Labute approximate surface area is 240 Å². The van der Waals surface area contributed by atoms with Crippen LogP contribution in [0.4, 0.5) is 34.6 Å². The third-order valence-electron chi connectivity index (χ3n) is 6.43. The molecule has 0 bridgehead atoms. The Balaban J connectivity index is 0.000000616. The van der Waals surface area contributed by atoms with Crippen LogP contribution in [-0.2, 0) is 14.8 Å². The molecule has 0 radical (unpaired) electrons. The largest absolute Gasteiger partial charge is 0.490 e. The van der Waals surface area contributed by atoms with Crippen LogP contribution in [0.2, 0.25) is 0 Å². The number of alkyl halides is 3. The van der Waals surface area contributed by atoms with Gasteiger partial charge >= 0.3 is 18.1 Å². The molecule has 1 aliphatic heterocycles. The molecule has 3 aromatic rings. The maximum atomic E-state index is 14.1. The molecule has 0 amide bonds. The number of benzene rings is 3. The van der Waals surface area contributed by atoms with Crippen LogP contribution in [0.25, 0.3) is 0 Å². The normalized spacial score (nSPS) is 13.7. The van der Waals surface area contributed by atoms with Gasteiger partial charge in [0.25, 0.3) is 10.0 Å². The molecular weight excluding hydrogens is 582 g/mol. The highest BCUT2D eigenvalue weighted by Crippen LogP contribution is 2.30. The van der Waals surface area contributed by atoms with Crippen molar-refractivity contribution in [3.8, 4) is 0 Å². The molecule has 0 saturated carbocycles. The van der Waals surface area contributed by atoms with E-state index in [1.165, 1.54) is 18.2 Å². The second-order valence-electron chi connectivity index (χ2n) is 9.60. The minimum Gasteiger partial charge on any atom is -0.478 e. The lowest BCUT2D eigenvalue weighted by atomic mass is 10.1. The van der Waals surface area contributed by atoms with Gasteiger partial charge in [0.05, 0.1) is 21.8 Å². The Kier molecular flexibility index (Phi) is 9.71. The van der Waals surface area contributed by atoms with Crippen molar-refractivity contribution in [3.05, 3.63) is 82.7 Å². The summed E-state index contributed by atoms with van der Waals surface area (Å²) in [6, 6.07) is 14.9. The molecule has 0 atom stereocenters. The fourth-order valence-corrected chi connectivity index (χ4v) is 6.23. The van der Waals surface area contributed by atoms with Crippen LogP contribution in [0.3, 0.4) is 0 Å². The minimum atomic E-state index is -5.08. The minimum absolute atomic E-state index is 0.00520. The number of aryl methyl sites for hydroxylation is 3. The summed E-state index contributed by atoms with van der Waals surface area (Å²) in [6.07, 6.45) is -5.08. The monoisotopic (exact) mass is 611 g/mol. The van der Waals surface area contributed by atoms with Gasteiger partial charge in [0, 0.05) is 31.9 Å². The average Bonchev–Trinajstić information content (AvgIpc) is 2.88. The molecule has 9 nitrogen and oxygen atoms in total. The molecular formula is C28H29F4N3O6S. The van der Waals surface area contributed by atoms with Crippen molar-refractivity contribution in [2.24, 2.45) is 0 Å². The Morgan fingerprint density at radius 1 is 0.857 bits per heavy atom. The van der Waals surface area contributed by atoms with E-state index in [9.17, 15) is 35.9 Å². The number of anilines is 3. The van der Waals surface area contributed by atoms with Gasteiger partial charge in [-0.2, -0.15) is 13.2 Å². The number of sulfonamides is 1. The van der Waals surface area contributed by atoms with E-state index in [1.807, 2.05) is 16.7 Å². The Morgan fingerprint density at radius 2 is 1.38 bits per heavy atom. The number of aliphatic carboxylic acids is 1. The SMILES string of the molecule is Cc1cc(C)c(S(=O)(=O)Nc2ccc(N3CCN(c4ccccc4F)CC3)cc2C(=O)O)c(C)c1.O=C(O)C(F)(F)F.